The molecule has 2 aliphatic rings. The third-order valence-corrected chi connectivity index (χ3v) is 7.95. The molecule has 2 fully saturated rings. The Hall–Kier alpha value is -2.91. The van der Waals surface area contributed by atoms with E-state index in [0.717, 1.165) is 55.8 Å². The maximum atomic E-state index is 12.9. The maximum Gasteiger partial charge on any atom is 0.416 e. The first-order valence-electron chi connectivity index (χ1n) is 12.9. The van der Waals surface area contributed by atoms with E-state index in [0.29, 0.717) is 23.7 Å². The normalized spacial score (nSPS) is 25.1. The highest BCUT2D eigenvalue weighted by Gasteiger charge is 2.31. The Kier molecular flexibility index (Phi) is 7.03. The fourth-order valence-electron chi connectivity index (χ4n) is 5.61. The van der Waals surface area contributed by atoms with Crippen molar-refractivity contribution in [1.82, 2.24) is 29.5 Å². The van der Waals surface area contributed by atoms with Crippen LogP contribution in [0.2, 0.25) is 0 Å². The Labute approximate surface area is 209 Å². The topological polar surface area (TPSA) is 70.7 Å². The smallest absolute Gasteiger partial charge is 0.416 e. The number of alkyl halides is 3. The number of hydrogen-bond acceptors (Lipinski definition) is 5. The molecule has 0 radical (unpaired) electrons. The van der Waals surface area contributed by atoms with E-state index in [1.165, 1.54) is 31.2 Å². The first-order chi connectivity index (χ1) is 17.3. The van der Waals surface area contributed by atoms with Gasteiger partial charge >= 0.3 is 6.18 Å². The molecule has 194 valence electrons. The van der Waals surface area contributed by atoms with Crippen molar-refractivity contribution in [3.8, 4) is 5.88 Å². The Morgan fingerprint density at radius 1 is 1.00 bits per heavy atom. The molecule has 3 aromatic rings. The summed E-state index contributed by atoms with van der Waals surface area (Å²) in [5.74, 6) is 3.02. The van der Waals surface area contributed by atoms with Gasteiger partial charge in [0.25, 0.3) is 0 Å². The fourth-order valence-corrected chi connectivity index (χ4v) is 5.61. The molecule has 0 unspecified atom stereocenters. The second kappa shape index (κ2) is 10.2. The summed E-state index contributed by atoms with van der Waals surface area (Å²) in [6, 6.07) is 2.36. The van der Waals surface area contributed by atoms with Crippen LogP contribution < -0.4 is 4.74 Å². The highest BCUT2D eigenvalue weighted by Crippen LogP contribution is 2.40. The summed E-state index contributed by atoms with van der Waals surface area (Å²) in [6.07, 6.45) is 10.2. The predicted octanol–water partition coefficient (Wildman–Crippen LogP) is 6.20. The molecule has 3 heterocycles. The molecule has 0 atom stereocenters. The molecule has 0 spiro atoms. The molecule has 0 amide bonds. The zero-order valence-corrected chi connectivity index (χ0v) is 20.8. The number of ether oxygens (including phenoxy) is 1. The zero-order chi connectivity index (χ0) is 25.3. The quantitative estimate of drug-likeness (QED) is 0.402. The average molecular weight is 503 g/mol. The van der Waals surface area contributed by atoms with Crippen molar-refractivity contribution in [2.24, 2.45) is 13.0 Å². The van der Waals surface area contributed by atoms with Gasteiger partial charge in [0.05, 0.1) is 17.8 Å². The van der Waals surface area contributed by atoms with Crippen molar-refractivity contribution in [2.45, 2.75) is 89.0 Å². The van der Waals surface area contributed by atoms with Gasteiger partial charge in [0.2, 0.25) is 5.88 Å². The molecule has 3 aromatic heterocycles. The number of rotatable bonds is 6. The summed E-state index contributed by atoms with van der Waals surface area (Å²) in [5.41, 5.74) is 0.550. The number of halogens is 3. The lowest BCUT2D eigenvalue weighted by atomic mass is 9.79. The summed E-state index contributed by atoms with van der Waals surface area (Å²) in [6.45, 7) is 2.34. The van der Waals surface area contributed by atoms with Crippen molar-refractivity contribution in [3.05, 3.63) is 53.5 Å². The van der Waals surface area contributed by atoms with E-state index >= 15 is 0 Å². The van der Waals surface area contributed by atoms with E-state index in [9.17, 15) is 13.2 Å². The van der Waals surface area contributed by atoms with Gasteiger partial charge in [-0.3, -0.25) is 4.68 Å². The van der Waals surface area contributed by atoms with Crippen LogP contribution in [0, 0.1) is 5.92 Å². The minimum Gasteiger partial charge on any atom is -0.469 e. The largest absolute Gasteiger partial charge is 0.469 e. The second-order valence-electron chi connectivity index (χ2n) is 10.4. The summed E-state index contributed by atoms with van der Waals surface area (Å²) in [7, 11) is 1.88. The molecule has 10 heteroatoms. The molecule has 0 N–H and O–H groups in total. The van der Waals surface area contributed by atoms with E-state index in [2.05, 4.69) is 39.2 Å². The van der Waals surface area contributed by atoms with Gasteiger partial charge in [-0.05, 0) is 74.8 Å². The van der Waals surface area contributed by atoms with Crippen LogP contribution in [0.3, 0.4) is 0 Å². The van der Waals surface area contributed by atoms with Crippen molar-refractivity contribution in [2.75, 3.05) is 0 Å². The van der Waals surface area contributed by atoms with E-state index < -0.39 is 11.7 Å². The van der Waals surface area contributed by atoms with E-state index in [-0.39, 0.29) is 12.5 Å². The third kappa shape index (κ3) is 5.42. The van der Waals surface area contributed by atoms with Crippen LogP contribution in [-0.4, -0.2) is 29.5 Å². The van der Waals surface area contributed by atoms with Crippen LogP contribution in [0.4, 0.5) is 13.2 Å². The van der Waals surface area contributed by atoms with Crippen LogP contribution >= 0.6 is 0 Å². The number of pyridine rings is 1. The summed E-state index contributed by atoms with van der Waals surface area (Å²) in [4.78, 5) is 3.88. The van der Waals surface area contributed by atoms with Gasteiger partial charge < -0.3 is 9.30 Å². The molecule has 0 aromatic carbocycles. The summed E-state index contributed by atoms with van der Waals surface area (Å²) in [5, 5.41) is 13.3. The molecule has 0 aliphatic heterocycles. The number of nitrogens with zero attached hydrogens (tertiary/aromatic N) is 6. The summed E-state index contributed by atoms with van der Waals surface area (Å²) >= 11 is 0. The van der Waals surface area contributed by atoms with Crippen LogP contribution in [0.5, 0.6) is 5.88 Å². The molecular formula is C26H33F3N6O. The zero-order valence-electron chi connectivity index (χ0n) is 20.8. The number of aromatic nitrogens is 6. The first kappa shape index (κ1) is 24.8. The van der Waals surface area contributed by atoms with Crippen LogP contribution in [0.15, 0.2) is 30.7 Å². The van der Waals surface area contributed by atoms with Gasteiger partial charge in [0.1, 0.15) is 12.4 Å². The van der Waals surface area contributed by atoms with Crippen LogP contribution in [0.1, 0.15) is 98.9 Å². The van der Waals surface area contributed by atoms with E-state index in [4.69, 9.17) is 9.84 Å². The molecule has 0 saturated heterocycles. The molecule has 2 saturated carbocycles. The Balaban J connectivity index is 1.16. The highest BCUT2D eigenvalue weighted by molar-refractivity contribution is 5.23. The van der Waals surface area contributed by atoms with Crippen molar-refractivity contribution >= 4 is 0 Å². The Morgan fingerprint density at radius 3 is 2.44 bits per heavy atom. The fraction of sp³-hybridized carbons (Fsp3) is 0.615. The first-order valence-corrected chi connectivity index (χ1v) is 12.9. The lowest BCUT2D eigenvalue weighted by Crippen LogP contribution is -2.17. The second-order valence-corrected chi connectivity index (χ2v) is 10.4. The van der Waals surface area contributed by atoms with Crippen LogP contribution in [-0.2, 0) is 19.8 Å². The van der Waals surface area contributed by atoms with Gasteiger partial charge in [0, 0.05) is 31.4 Å². The molecule has 2 aliphatic carbocycles. The standard InChI is InChI=1S/C26H33F3N6O/c1-17-3-9-22(10-4-17)35-15-20(14-31-35)18-5-7-19(8-6-18)25-33-32-23(34(25)2)16-36-24-13-21(11-12-30-24)26(27,28)29/h11-15,17-19,22H,3-10,16H2,1-2H3. The van der Waals surface area contributed by atoms with Crippen molar-refractivity contribution in [1.29, 1.82) is 0 Å². The van der Waals surface area contributed by atoms with Gasteiger partial charge in [-0.25, -0.2) is 4.98 Å². The monoisotopic (exact) mass is 502 g/mol. The van der Waals surface area contributed by atoms with Gasteiger partial charge in [-0.15, -0.1) is 10.2 Å². The highest BCUT2D eigenvalue weighted by atomic mass is 19.4. The molecule has 7 nitrogen and oxygen atoms in total. The minimum absolute atomic E-state index is 0.00623. The number of hydrogen-bond donors (Lipinski definition) is 0. The Morgan fingerprint density at radius 2 is 1.72 bits per heavy atom. The third-order valence-electron chi connectivity index (χ3n) is 7.95. The molecule has 0 bridgehead atoms. The van der Waals surface area contributed by atoms with Crippen molar-refractivity contribution < 1.29 is 17.9 Å². The van der Waals surface area contributed by atoms with Gasteiger partial charge in [-0.1, -0.05) is 6.92 Å². The Bertz CT molecular complexity index is 1160. The summed E-state index contributed by atoms with van der Waals surface area (Å²) < 4.78 is 48.4. The van der Waals surface area contributed by atoms with Crippen LogP contribution in [0.25, 0.3) is 0 Å². The maximum absolute atomic E-state index is 12.9. The minimum atomic E-state index is -4.44. The lowest BCUT2D eigenvalue weighted by Gasteiger charge is -2.28. The van der Waals surface area contributed by atoms with Gasteiger partial charge in [-0.2, -0.15) is 18.3 Å². The van der Waals surface area contributed by atoms with Crippen molar-refractivity contribution in [3.63, 3.8) is 0 Å². The van der Waals surface area contributed by atoms with Gasteiger partial charge in [0.15, 0.2) is 5.82 Å². The average Bonchev–Trinajstić information content (AvgIpc) is 3.50. The van der Waals surface area contributed by atoms with E-state index in [1.807, 2.05) is 11.6 Å². The molecule has 36 heavy (non-hydrogen) atoms. The molecular weight excluding hydrogens is 469 g/mol. The molecule has 5 rings (SSSR count). The lowest BCUT2D eigenvalue weighted by molar-refractivity contribution is -0.137. The SMILES string of the molecule is CC1CCC(n2cc(C3CCC(c4nnc(COc5cc(C(F)(F)F)ccn5)n4C)CC3)cn2)CC1. The predicted molar refractivity (Wildman–Crippen MR) is 127 cm³/mol. The van der Waals surface area contributed by atoms with E-state index in [1.54, 1.807) is 0 Å².